The van der Waals surface area contributed by atoms with Crippen LogP contribution in [0.4, 0.5) is 0 Å². The summed E-state index contributed by atoms with van der Waals surface area (Å²) in [4.78, 5) is 23.5. The normalized spacial score (nSPS) is 11.0. The molecule has 106 valence electrons. The van der Waals surface area contributed by atoms with Crippen LogP contribution >= 0.6 is 15.9 Å². The molecule has 0 fully saturated rings. The monoisotopic (exact) mass is 346 g/mol. The van der Waals surface area contributed by atoms with Crippen LogP contribution in [0.3, 0.4) is 0 Å². The van der Waals surface area contributed by atoms with E-state index in [0.29, 0.717) is 11.1 Å². The van der Waals surface area contributed by atoms with Crippen molar-refractivity contribution >= 4 is 49.6 Å². The minimum atomic E-state index is -0.842. The molecule has 0 aliphatic heterocycles. The summed E-state index contributed by atoms with van der Waals surface area (Å²) < 4.78 is 11.4. The molecule has 0 bridgehead atoms. The molecule has 0 N–H and O–H groups in total. The van der Waals surface area contributed by atoms with E-state index in [9.17, 15) is 9.59 Å². The van der Waals surface area contributed by atoms with Crippen molar-refractivity contribution in [2.45, 2.75) is 6.92 Å². The first-order valence-electron chi connectivity index (χ1n) is 6.43. The Labute approximate surface area is 128 Å². The van der Waals surface area contributed by atoms with Gasteiger partial charge in [-0.05, 0) is 43.3 Å². The number of benzene rings is 2. The molecule has 0 spiro atoms. The summed E-state index contributed by atoms with van der Waals surface area (Å²) in [6, 6.07) is 10.6. The zero-order valence-electron chi connectivity index (χ0n) is 11.2. The molecular weight excluding hydrogens is 336 g/mol. The average Bonchev–Trinajstić information content (AvgIpc) is 2.84. The highest BCUT2D eigenvalue weighted by Gasteiger charge is 2.19. The van der Waals surface area contributed by atoms with Crippen LogP contribution in [-0.2, 0) is 9.53 Å². The third-order valence-electron chi connectivity index (χ3n) is 3.15. The van der Waals surface area contributed by atoms with E-state index >= 15 is 0 Å². The van der Waals surface area contributed by atoms with Gasteiger partial charge >= 0.3 is 5.97 Å². The van der Waals surface area contributed by atoms with Crippen molar-refractivity contribution in [1.82, 2.24) is 0 Å². The molecule has 1 heterocycles. The van der Waals surface area contributed by atoms with Crippen molar-refractivity contribution in [3.8, 4) is 0 Å². The number of Topliss-reactive ketones (excluding diaryl/α,β-unsaturated/α-hetero) is 1. The molecule has 3 aromatic rings. The van der Waals surface area contributed by atoms with E-state index in [4.69, 9.17) is 9.15 Å². The third kappa shape index (κ3) is 2.45. The summed E-state index contributed by atoms with van der Waals surface area (Å²) in [6.45, 7) is 1.84. The molecule has 0 amide bonds. The highest BCUT2D eigenvalue weighted by molar-refractivity contribution is 9.10. The number of esters is 1. The van der Waals surface area contributed by atoms with Crippen LogP contribution < -0.4 is 0 Å². The minimum absolute atomic E-state index is 0.175. The van der Waals surface area contributed by atoms with Crippen LogP contribution in [0.5, 0.6) is 0 Å². The van der Waals surface area contributed by atoms with E-state index in [2.05, 4.69) is 15.9 Å². The van der Waals surface area contributed by atoms with Crippen LogP contribution in [0.2, 0.25) is 0 Å². The van der Waals surface area contributed by atoms with Crippen molar-refractivity contribution in [3.63, 3.8) is 0 Å². The SMILES string of the molecule is CCOC(=O)C(=O)c1ccc2oc3ccc(Br)cc3c2c1. The predicted molar refractivity (Wildman–Crippen MR) is 82.4 cm³/mol. The number of fused-ring (bicyclic) bond motifs is 3. The van der Waals surface area contributed by atoms with Gasteiger partial charge in [0.2, 0.25) is 0 Å². The van der Waals surface area contributed by atoms with Crippen molar-refractivity contribution in [1.29, 1.82) is 0 Å². The van der Waals surface area contributed by atoms with Gasteiger partial charge in [-0.15, -0.1) is 0 Å². The molecule has 4 nitrogen and oxygen atoms in total. The number of furan rings is 1. The quantitative estimate of drug-likeness (QED) is 0.407. The first-order chi connectivity index (χ1) is 10.1. The van der Waals surface area contributed by atoms with E-state index in [-0.39, 0.29) is 6.61 Å². The Hall–Kier alpha value is -2.14. The third-order valence-corrected chi connectivity index (χ3v) is 3.65. The van der Waals surface area contributed by atoms with E-state index < -0.39 is 11.8 Å². The number of carbonyl (C=O) groups excluding carboxylic acids is 2. The summed E-state index contributed by atoms with van der Waals surface area (Å²) >= 11 is 3.41. The highest BCUT2D eigenvalue weighted by Crippen LogP contribution is 2.31. The Balaban J connectivity index is 2.14. The smallest absolute Gasteiger partial charge is 0.379 e. The van der Waals surface area contributed by atoms with Crippen molar-refractivity contribution < 1.29 is 18.7 Å². The van der Waals surface area contributed by atoms with Crippen molar-refractivity contribution in [2.24, 2.45) is 0 Å². The second-order valence-electron chi connectivity index (χ2n) is 4.50. The molecule has 0 saturated heterocycles. The number of halogens is 1. The maximum absolute atomic E-state index is 12.0. The molecule has 21 heavy (non-hydrogen) atoms. The summed E-state index contributed by atoms with van der Waals surface area (Å²) in [6.07, 6.45) is 0. The van der Waals surface area contributed by atoms with E-state index in [1.807, 2.05) is 18.2 Å². The van der Waals surface area contributed by atoms with Crippen LogP contribution in [0.25, 0.3) is 21.9 Å². The fourth-order valence-corrected chi connectivity index (χ4v) is 2.57. The lowest BCUT2D eigenvalue weighted by molar-refractivity contribution is -0.137. The first-order valence-corrected chi connectivity index (χ1v) is 7.22. The fourth-order valence-electron chi connectivity index (χ4n) is 2.21. The topological polar surface area (TPSA) is 56.5 Å². The van der Waals surface area contributed by atoms with Gasteiger partial charge in [-0.1, -0.05) is 15.9 Å². The number of rotatable bonds is 3. The Morgan fingerprint density at radius 3 is 2.48 bits per heavy atom. The number of hydrogen-bond donors (Lipinski definition) is 0. The van der Waals surface area contributed by atoms with Crippen LogP contribution in [0.1, 0.15) is 17.3 Å². The maximum atomic E-state index is 12.0. The lowest BCUT2D eigenvalue weighted by atomic mass is 10.1. The van der Waals surface area contributed by atoms with Gasteiger partial charge in [0.25, 0.3) is 5.78 Å². The largest absolute Gasteiger partial charge is 0.460 e. The average molecular weight is 347 g/mol. The molecule has 0 unspecified atom stereocenters. The van der Waals surface area contributed by atoms with Crippen molar-refractivity contribution in [3.05, 3.63) is 46.4 Å². The highest BCUT2D eigenvalue weighted by atomic mass is 79.9. The van der Waals surface area contributed by atoms with Gasteiger partial charge in [0.05, 0.1) is 6.61 Å². The Kier molecular flexibility index (Phi) is 3.51. The van der Waals surface area contributed by atoms with Gasteiger partial charge in [0, 0.05) is 20.8 Å². The lowest BCUT2D eigenvalue weighted by Gasteiger charge is -2.01. The first kappa shape index (κ1) is 13.8. The molecule has 5 heteroatoms. The number of ketones is 1. The van der Waals surface area contributed by atoms with E-state index in [1.54, 1.807) is 25.1 Å². The molecular formula is C16H11BrO4. The zero-order valence-corrected chi connectivity index (χ0v) is 12.8. The Morgan fingerprint density at radius 1 is 1.10 bits per heavy atom. The fraction of sp³-hybridized carbons (Fsp3) is 0.125. The second kappa shape index (κ2) is 5.33. The summed E-state index contributed by atoms with van der Waals surface area (Å²) in [7, 11) is 0. The predicted octanol–water partition coefficient (Wildman–Crippen LogP) is 4.09. The van der Waals surface area contributed by atoms with Gasteiger partial charge < -0.3 is 9.15 Å². The van der Waals surface area contributed by atoms with E-state index in [1.165, 1.54) is 0 Å². The Bertz CT molecular complexity index is 863. The molecule has 0 atom stereocenters. The second-order valence-corrected chi connectivity index (χ2v) is 5.42. The van der Waals surface area contributed by atoms with Crippen LogP contribution in [0, 0.1) is 0 Å². The lowest BCUT2D eigenvalue weighted by Crippen LogP contribution is -2.17. The van der Waals surface area contributed by atoms with Crippen LogP contribution in [0.15, 0.2) is 45.3 Å². The summed E-state index contributed by atoms with van der Waals surface area (Å²) in [5.41, 5.74) is 1.70. The number of carbonyl (C=O) groups is 2. The maximum Gasteiger partial charge on any atom is 0.379 e. The van der Waals surface area contributed by atoms with Gasteiger partial charge in [0.1, 0.15) is 11.2 Å². The minimum Gasteiger partial charge on any atom is -0.460 e. The van der Waals surface area contributed by atoms with Gasteiger partial charge in [-0.3, -0.25) is 4.79 Å². The van der Waals surface area contributed by atoms with Crippen molar-refractivity contribution in [2.75, 3.05) is 6.61 Å². The summed E-state index contributed by atoms with van der Waals surface area (Å²) in [5.74, 6) is -1.49. The molecule has 2 aromatic carbocycles. The van der Waals surface area contributed by atoms with Gasteiger partial charge in [-0.2, -0.15) is 0 Å². The van der Waals surface area contributed by atoms with Gasteiger partial charge in [0.15, 0.2) is 0 Å². The molecule has 0 saturated carbocycles. The summed E-state index contributed by atoms with van der Waals surface area (Å²) in [5, 5.41) is 1.68. The number of ether oxygens (including phenoxy) is 1. The van der Waals surface area contributed by atoms with Gasteiger partial charge in [-0.25, -0.2) is 4.79 Å². The molecule has 0 aliphatic carbocycles. The number of hydrogen-bond acceptors (Lipinski definition) is 4. The molecule has 1 aromatic heterocycles. The molecule has 0 radical (unpaired) electrons. The zero-order chi connectivity index (χ0) is 15.0. The molecule has 3 rings (SSSR count). The Morgan fingerprint density at radius 2 is 1.76 bits per heavy atom. The molecule has 0 aliphatic rings. The standard InChI is InChI=1S/C16H11BrO4/c1-2-20-16(19)15(18)9-3-5-13-11(7-9)12-8-10(17)4-6-14(12)21-13/h3-8H,2H2,1H3. The van der Waals surface area contributed by atoms with E-state index in [0.717, 1.165) is 20.8 Å². The van der Waals surface area contributed by atoms with Crippen LogP contribution in [-0.4, -0.2) is 18.4 Å².